The van der Waals surface area contributed by atoms with Crippen molar-refractivity contribution in [2.75, 3.05) is 39.8 Å². The van der Waals surface area contributed by atoms with Gasteiger partial charge >= 0.3 is 0 Å². The number of hydrogen-bond acceptors (Lipinski definition) is 6. The number of aliphatic hydroxyl groups is 1. The smallest absolute Gasteiger partial charge is 0.104 e. The molecule has 0 saturated carbocycles. The second-order valence-corrected chi connectivity index (χ2v) is 6.36. The maximum absolute atomic E-state index is 7.76. The number of hydrazine groups is 1. The van der Waals surface area contributed by atoms with Crippen LogP contribution in [0.5, 0.6) is 0 Å². The van der Waals surface area contributed by atoms with Crippen LogP contribution in [0.3, 0.4) is 0 Å². The number of allylic oxidation sites excluding steroid dienone is 6. The van der Waals surface area contributed by atoms with E-state index in [4.69, 9.17) is 9.94 Å². The predicted octanol–water partition coefficient (Wildman–Crippen LogP) is 4.67. The van der Waals surface area contributed by atoms with Crippen LogP contribution >= 0.6 is 0 Å². The fourth-order valence-electron chi connectivity index (χ4n) is 2.24. The zero-order chi connectivity index (χ0) is 25.0. The third-order valence-corrected chi connectivity index (χ3v) is 4.09. The van der Waals surface area contributed by atoms with Gasteiger partial charge in [-0.05, 0) is 33.7 Å². The molecule has 0 radical (unpaired) electrons. The lowest BCUT2D eigenvalue weighted by Crippen LogP contribution is -2.41. The minimum absolute atomic E-state index is 0.0814. The van der Waals surface area contributed by atoms with E-state index in [0.717, 1.165) is 43.9 Å². The minimum atomic E-state index is -0.0814. The normalized spacial score (nSPS) is 12.8. The first-order valence-electron chi connectivity index (χ1n) is 11.5. The van der Waals surface area contributed by atoms with Crippen molar-refractivity contribution in [1.29, 1.82) is 0 Å². The molecule has 0 aromatic heterocycles. The molecule has 0 heterocycles. The average Bonchev–Trinajstić information content (AvgIpc) is 2.83. The predicted molar refractivity (Wildman–Crippen MR) is 142 cm³/mol. The maximum atomic E-state index is 7.76. The summed E-state index contributed by atoms with van der Waals surface area (Å²) in [5.74, 6) is 0. The second-order valence-electron chi connectivity index (χ2n) is 6.36. The van der Waals surface area contributed by atoms with Gasteiger partial charge in [0, 0.05) is 38.0 Å². The zero-order valence-corrected chi connectivity index (χ0v) is 21.7. The van der Waals surface area contributed by atoms with Gasteiger partial charge < -0.3 is 10.4 Å². The SMILES string of the molecule is C=CC/C=C/C(=C(\C)NC)C(C)ONNCCN(CC)C/C=C/C=C/C.C=CCO.CC. The molecule has 6 heteroatoms. The third-order valence-electron chi connectivity index (χ3n) is 4.09. The summed E-state index contributed by atoms with van der Waals surface area (Å²) in [5, 5.41) is 10.9. The summed E-state index contributed by atoms with van der Waals surface area (Å²) in [6.45, 7) is 23.0. The first-order valence-corrected chi connectivity index (χ1v) is 11.5. The molecule has 0 aromatic carbocycles. The molecule has 6 nitrogen and oxygen atoms in total. The summed E-state index contributed by atoms with van der Waals surface area (Å²) < 4.78 is 0. The highest BCUT2D eigenvalue weighted by Crippen LogP contribution is 2.11. The highest BCUT2D eigenvalue weighted by molar-refractivity contribution is 5.27. The number of hydrogen-bond donors (Lipinski definition) is 4. The lowest BCUT2D eigenvalue weighted by Gasteiger charge is -2.20. The van der Waals surface area contributed by atoms with Gasteiger partial charge in [0.15, 0.2) is 0 Å². The van der Waals surface area contributed by atoms with Gasteiger partial charge in [-0.2, -0.15) is 0 Å². The molecule has 0 amide bonds. The van der Waals surface area contributed by atoms with Crippen LogP contribution in [0.15, 0.2) is 73.0 Å². The van der Waals surface area contributed by atoms with E-state index in [1.54, 1.807) is 0 Å². The zero-order valence-electron chi connectivity index (χ0n) is 21.7. The van der Waals surface area contributed by atoms with Gasteiger partial charge in [-0.25, -0.2) is 5.43 Å². The van der Waals surface area contributed by atoms with Gasteiger partial charge in [-0.15, -0.1) is 18.7 Å². The Labute approximate surface area is 198 Å². The number of aliphatic hydroxyl groups excluding tert-OH is 1. The number of nitrogens with one attached hydrogen (secondary N) is 3. The van der Waals surface area contributed by atoms with Crippen molar-refractivity contribution >= 4 is 0 Å². The van der Waals surface area contributed by atoms with Gasteiger partial charge in [0.25, 0.3) is 0 Å². The Morgan fingerprint density at radius 3 is 2.31 bits per heavy atom. The summed E-state index contributed by atoms with van der Waals surface area (Å²) in [6.07, 6.45) is 16.6. The van der Waals surface area contributed by atoms with E-state index in [0.29, 0.717) is 0 Å². The van der Waals surface area contributed by atoms with Gasteiger partial charge in [0.05, 0.1) is 6.61 Å². The largest absolute Gasteiger partial charge is 0.392 e. The average molecular weight is 451 g/mol. The van der Waals surface area contributed by atoms with Gasteiger partial charge in [-0.1, -0.05) is 69.4 Å². The summed E-state index contributed by atoms with van der Waals surface area (Å²) in [5.41, 5.74) is 8.19. The summed E-state index contributed by atoms with van der Waals surface area (Å²) in [7, 11) is 1.92. The van der Waals surface area contributed by atoms with Crippen LogP contribution in [0.2, 0.25) is 0 Å². The molecule has 0 spiro atoms. The Morgan fingerprint density at radius 2 is 1.81 bits per heavy atom. The van der Waals surface area contributed by atoms with E-state index in [1.165, 1.54) is 6.08 Å². The summed E-state index contributed by atoms with van der Waals surface area (Å²) in [6, 6.07) is 0. The van der Waals surface area contributed by atoms with E-state index in [-0.39, 0.29) is 12.7 Å². The molecular formula is C26H50N4O2. The molecule has 0 aliphatic heterocycles. The second kappa shape index (κ2) is 29.0. The van der Waals surface area contributed by atoms with Gasteiger partial charge in [0.1, 0.15) is 6.10 Å². The number of likely N-dealkylation sites (N-methyl/N-ethyl adjacent to an activating group) is 1. The fourth-order valence-corrected chi connectivity index (χ4v) is 2.24. The van der Waals surface area contributed by atoms with Crippen LogP contribution in [0.1, 0.15) is 48.0 Å². The molecule has 4 N–H and O–H groups in total. The molecule has 0 aliphatic carbocycles. The Bertz CT molecular complexity index is 540. The van der Waals surface area contributed by atoms with E-state index >= 15 is 0 Å². The summed E-state index contributed by atoms with van der Waals surface area (Å²) >= 11 is 0. The van der Waals surface area contributed by atoms with E-state index < -0.39 is 0 Å². The minimum Gasteiger partial charge on any atom is -0.392 e. The highest BCUT2D eigenvalue weighted by Gasteiger charge is 2.10. The van der Waals surface area contributed by atoms with Gasteiger partial charge in [0.2, 0.25) is 0 Å². The van der Waals surface area contributed by atoms with E-state index in [9.17, 15) is 0 Å². The Kier molecular flexibility index (Phi) is 31.4. The number of rotatable bonds is 16. The summed E-state index contributed by atoms with van der Waals surface area (Å²) in [4.78, 5) is 8.06. The molecule has 1 atom stereocenters. The lowest BCUT2D eigenvalue weighted by molar-refractivity contribution is -0.0225. The Balaban J connectivity index is -0.00000125. The van der Waals surface area contributed by atoms with Crippen molar-refractivity contribution in [2.24, 2.45) is 0 Å². The van der Waals surface area contributed by atoms with Crippen molar-refractivity contribution in [3.63, 3.8) is 0 Å². The topological polar surface area (TPSA) is 68.8 Å². The van der Waals surface area contributed by atoms with Crippen LogP contribution in [0.4, 0.5) is 0 Å². The molecule has 0 aliphatic rings. The first-order chi connectivity index (χ1) is 15.5. The van der Waals surface area contributed by atoms with Crippen molar-refractivity contribution in [2.45, 2.75) is 54.1 Å². The van der Waals surface area contributed by atoms with Crippen LogP contribution < -0.4 is 16.3 Å². The van der Waals surface area contributed by atoms with Crippen LogP contribution in [-0.4, -0.2) is 55.9 Å². The van der Waals surface area contributed by atoms with Crippen LogP contribution in [0.25, 0.3) is 0 Å². The quantitative estimate of drug-likeness (QED) is 0.119. The molecule has 0 bridgehead atoms. The van der Waals surface area contributed by atoms with E-state index in [1.807, 2.05) is 59.9 Å². The Morgan fingerprint density at radius 1 is 1.16 bits per heavy atom. The van der Waals surface area contributed by atoms with Crippen molar-refractivity contribution in [3.8, 4) is 0 Å². The molecule has 32 heavy (non-hydrogen) atoms. The van der Waals surface area contributed by atoms with E-state index in [2.05, 4.69) is 65.6 Å². The monoisotopic (exact) mass is 450 g/mol. The molecular weight excluding hydrogens is 400 g/mol. The standard InChI is InChI=1S/C21H38N4O.C3H6O.C2H6/c1-7-10-12-14-17-25(9-3)18-16-23-24-26-20(5)21(19(4)22-6)15-13-11-8-2;1-2-3-4;1-2/h7-8,10,12-15,20,22-24H,2,9,11,16-18H2,1,3-6H3;2,4H,1,3H2;1-2H3/b10-7+,14-12+,15-13+,21-19-;;. The molecule has 0 fully saturated rings. The highest BCUT2D eigenvalue weighted by atomic mass is 16.7. The molecule has 186 valence electrons. The van der Waals surface area contributed by atoms with Crippen LogP contribution in [-0.2, 0) is 4.84 Å². The first kappa shape index (κ1) is 34.6. The molecule has 1 unspecified atom stereocenters. The fraction of sp³-hybridized carbons (Fsp3) is 0.538. The molecule has 0 saturated heterocycles. The third kappa shape index (κ3) is 22.7. The Hall–Kier alpha value is -1.96. The van der Waals surface area contributed by atoms with Crippen molar-refractivity contribution < 1.29 is 9.94 Å². The molecule has 0 aromatic rings. The lowest BCUT2D eigenvalue weighted by atomic mass is 10.1. The van der Waals surface area contributed by atoms with Crippen LogP contribution in [0, 0.1) is 0 Å². The van der Waals surface area contributed by atoms with Crippen molar-refractivity contribution in [3.05, 3.63) is 73.0 Å². The van der Waals surface area contributed by atoms with Gasteiger partial charge in [-0.3, -0.25) is 9.74 Å². The maximum Gasteiger partial charge on any atom is 0.104 e. The number of nitrogens with zero attached hydrogens (tertiary/aromatic N) is 1. The molecule has 0 rings (SSSR count). The van der Waals surface area contributed by atoms with Crippen molar-refractivity contribution in [1.82, 2.24) is 21.2 Å².